The summed E-state index contributed by atoms with van der Waals surface area (Å²) >= 11 is 0. The van der Waals surface area contributed by atoms with Crippen molar-refractivity contribution in [3.63, 3.8) is 0 Å². The van der Waals surface area contributed by atoms with E-state index in [1.165, 1.54) is 24.4 Å². The number of ether oxygens (including phenoxy) is 1. The van der Waals surface area contributed by atoms with Gasteiger partial charge < -0.3 is 4.74 Å². The molecule has 0 fully saturated rings. The van der Waals surface area contributed by atoms with E-state index in [-0.39, 0.29) is 33.8 Å². The second-order valence-corrected chi connectivity index (χ2v) is 20.0. The smallest absolute Gasteiger partial charge is 0.269 e. The molecule has 10 aromatic carbocycles. The number of benzene rings is 10. The third-order valence-electron chi connectivity index (χ3n) is 12.4. The normalized spacial score (nSPS) is 17.0. The van der Waals surface area contributed by atoms with E-state index in [1.807, 2.05) is 24.3 Å². The summed E-state index contributed by atoms with van der Waals surface area (Å²) in [7, 11) is -6.17. The first-order chi connectivity index (χ1) is 47.3. The summed E-state index contributed by atoms with van der Waals surface area (Å²) < 4.78 is 257. The number of fused-ring (bicyclic) bond motifs is 4. The Labute approximate surface area is 463 Å². The van der Waals surface area contributed by atoms with Gasteiger partial charge in [-0.25, -0.2) is 4.98 Å². The molecule has 0 saturated heterocycles. The Hall–Kier alpha value is -9.36. The fraction of sp³-hybridized carbons (Fsp3) is 0.0149. The maximum atomic E-state index is 10.5. The monoisotopic (exact) mass is 980 g/mol. The molecular weight excluding hydrogens is 905 g/mol. The zero-order valence-corrected chi connectivity index (χ0v) is 38.8. The Morgan fingerprint density at radius 2 is 1.14 bits per heavy atom. The molecule has 3 heterocycles. The predicted molar refractivity (Wildman–Crippen MR) is 302 cm³/mol. The second kappa shape index (κ2) is 18.4. The molecule has 0 aliphatic carbocycles. The van der Waals surface area contributed by atoms with Crippen LogP contribution in [0, 0.1) is 13.2 Å². The van der Waals surface area contributed by atoms with Gasteiger partial charge in [0.2, 0.25) is 0 Å². The molecule has 0 aliphatic heterocycles. The highest BCUT2D eigenvalue weighted by Crippen LogP contribution is 2.37. The standard InChI is InChI=1S/C67H48N4OSi/c1-48-42-67(68-46-61(48)49-22-6-2-7-23-49)71-63-37-17-15-35-59(63)60-41-40-53(45-66(60)71)72-52-26-21-25-51(44-52)69-47-70(65-39-19-18-38-64(65)69)62-36-16-14-34-58(62)50-24-20-33-57(43-50)73(54-27-8-3-9-28-54,55-29-10-4-11-30-55)56-31-12-5-13-32-56/h2-46H,1H3/i1D3,2D,3D,4D,5D,6D,7D,8D,9D,10D,11D,12D,13D,20D,22D,23D,24D,27D,28D,29D,30D,31D,32D,33D,43D. The van der Waals surface area contributed by atoms with Gasteiger partial charge in [0.25, 0.3) is 6.33 Å². The summed E-state index contributed by atoms with van der Waals surface area (Å²) in [5, 5.41) is -2.34. The largest absolute Gasteiger partial charge is 0.458 e. The molecule has 0 N–H and O–H groups in total. The number of rotatable bonds is 11. The number of hydrogen-bond acceptors (Lipinski definition) is 2. The van der Waals surface area contributed by atoms with Crippen LogP contribution in [-0.4, -0.2) is 22.2 Å². The molecule has 0 radical (unpaired) electrons. The highest BCUT2D eigenvalue weighted by atomic mass is 28.3. The van der Waals surface area contributed by atoms with Crippen LogP contribution in [-0.2, 0) is 0 Å². The summed E-state index contributed by atoms with van der Waals surface area (Å²) in [6.45, 7) is -2.86. The lowest BCUT2D eigenvalue weighted by Crippen LogP contribution is -2.74. The zero-order chi connectivity index (χ0) is 72.1. The molecular formula is C67H48N4OSi. The SMILES string of the molecule is [2H]c1c([2H])c([2H])c(-c2cnc(-n3c4ccccc4c4ccc(Oc5cccc(-n6[c-][n+](-c7ccccc7-c7c([2H])c([2H])c([2H])c([Si](c8c([2H])c([2H])c([2H])c([2H])c8[2H])(c8c([2H])c([2H])c([2H])c([2H])c8[2H])c8c([2H])c([2H])c([2H])c([2H])c8[2H])c7[2H])c7ccccc76)c5)cc43)cc2C([2H])([2H])[2H])c([2H])c1[2H]. The van der Waals surface area contributed by atoms with E-state index in [0.29, 0.717) is 39.3 Å². The summed E-state index contributed by atoms with van der Waals surface area (Å²) in [6, 6.07) is 10.7. The number of para-hydroxylation sites is 4. The van der Waals surface area contributed by atoms with Crippen LogP contribution >= 0.6 is 0 Å². The molecule has 0 atom stereocenters. The molecule has 13 rings (SSSR count). The number of hydrogen-bond donors (Lipinski definition) is 0. The summed E-state index contributed by atoms with van der Waals surface area (Å²) in [6.07, 6.45) is 4.56. The minimum atomic E-state index is -6.17. The molecule has 0 spiro atoms. The van der Waals surface area contributed by atoms with Crippen LogP contribution < -0.4 is 30.1 Å². The van der Waals surface area contributed by atoms with Crippen molar-refractivity contribution in [3.8, 4) is 50.9 Å². The third kappa shape index (κ3) is 7.64. The van der Waals surface area contributed by atoms with Gasteiger partial charge in [0.05, 0.1) is 66.3 Å². The minimum Gasteiger partial charge on any atom is -0.458 e. The van der Waals surface area contributed by atoms with Crippen molar-refractivity contribution in [3.05, 3.63) is 284 Å². The summed E-state index contributed by atoms with van der Waals surface area (Å²) in [5.74, 6) is 0.748. The Morgan fingerprint density at radius 3 is 1.88 bits per heavy atom. The average molecular weight is 980 g/mol. The highest BCUT2D eigenvalue weighted by molar-refractivity contribution is 7.19. The number of nitrogens with zero attached hydrogens (tertiary/aromatic N) is 4. The number of aryl methyl sites for hydroxylation is 1. The van der Waals surface area contributed by atoms with E-state index in [9.17, 15) is 13.7 Å². The minimum absolute atomic E-state index is 0.0535. The van der Waals surface area contributed by atoms with Crippen molar-refractivity contribution in [2.45, 2.75) is 6.85 Å². The fourth-order valence-electron chi connectivity index (χ4n) is 9.27. The van der Waals surface area contributed by atoms with Crippen LogP contribution in [0.3, 0.4) is 0 Å². The molecule has 0 saturated carbocycles. The van der Waals surface area contributed by atoms with Gasteiger partial charge >= 0.3 is 0 Å². The van der Waals surface area contributed by atoms with Gasteiger partial charge in [-0.05, 0) is 98.4 Å². The molecule has 6 heteroatoms. The number of imidazole rings is 1. The fourth-order valence-corrected chi connectivity index (χ4v) is 12.8. The van der Waals surface area contributed by atoms with Crippen molar-refractivity contribution >= 4 is 61.7 Å². The van der Waals surface area contributed by atoms with Crippen LogP contribution in [0.5, 0.6) is 11.5 Å². The third-order valence-corrected chi connectivity index (χ3v) is 16.4. The Bertz CT molecular complexity index is 5450. The van der Waals surface area contributed by atoms with E-state index in [4.69, 9.17) is 28.0 Å². The summed E-state index contributed by atoms with van der Waals surface area (Å²) in [5.41, 5.74) is 1.35. The van der Waals surface area contributed by atoms with E-state index >= 15 is 0 Å². The van der Waals surface area contributed by atoms with Gasteiger partial charge in [-0.15, -0.1) is 0 Å². The molecule has 346 valence electrons. The maximum Gasteiger partial charge on any atom is 0.269 e. The van der Waals surface area contributed by atoms with Gasteiger partial charge in [-0.2, -0.15) is 0 Å². The molecule has 73 heavy (non-hydrogen) atoms. The predicted octanol–water partition coefficient (Wildman–Crippen LogP) is 13.0. The van der Waals surface area contributed by atoms with Gasteiger partial charge in [-0.3, -0.25) is 13.7 Å². The van der Waals surface area contributed by atoms with E-state index in [2.05, 4.69) is 11.3 Å². The first kappa shape index (κ1) is 23.7. The zero-order valence-electron chi connectivity index (χ0n) is 64.8. The quantitative estimate of drug-likeness (QED) is 0.0560. The lowest BCUT2D eigenvalue weighted by atomic mass is 10.0. The molecule has 0 bridgehead atoms. The Balaban J connectivity index is 0.988. The first-order valence-electron chi connectivity index (χ1n) is 36.1. The molecule has 0 unspecified atom stereocenters. The van der Waals surface area contributed by atoms with Crippen LogP contribution in [0.1, 0.15) is 42.6 Å². The van der Waals surface area contributed by atoms with Gasteiger partial charge in [-0.1, -0.05) is 212 Å². The van der Waals surface area contributed by atoms with Crippen molar-refractivity contribution in [1.82, 2.24) is 14.1 Å². The van der Waals surface area contributed by atoms with Gasteiger partial charge in [0.1, 0.15) is 17.3 Å². The Morgan fingerprint density at radius 1 is 0.521 bits per heavy atom. The summed E-state index contributed by atoms with van der Waals surface area (Å²) in [4.78, 5) is 4.68. The lowest BCUT2D eigenvalue weighted by Gasteiger charge is -2.34. The van der Waals surface area contributed by atoms with Crippen LogP contribution in [0.2, 0.25) is 0 Å². The van der Waals surface area contributed by atoms with Crippen molar-refractivity contribution < 1.29 is 46.3 Å². The molecule has 3 aromatic heterocycles. The molecule has 13 aromatic rings. The molecule has 0 amide bonds. The van der Waals surface area contributed by atoms with E-state index < -0.39 is 186 Å². The second-order valence-electron chi connectivity index (χ2n) is 16.5. The first-order valence-corrected chi connectivity index (χ1v) is 24.6. The topological polar surface area (TPSA) is 35.9 Å². The Kier molecular flexibility index (Phi) is 5.98. The maximum absolute atomic E-state index is 10.5. The highest BCUT2D eigenvalue weighted by Gasteiger charge is 2.41. The van der Waals surface area contributed by atoms with Crippen molar-refractivity contribution in [2.24, 2.45) is 0 Å². The van der Waals surface area contributed by atoms with E-state index in [0.717, 1.165) is 10.8 Å². The van der Waals surface area contributed by atoms with Crippen LogP contribution in [0.25, 0.3) is 72.3 Å². The van der Waals surface area contributed by atoms with Gasteiger partial charge in [0.15, 0.2) is 8.07 Å². The lowest BCUT2D eigenvalue weighted by molar-refractivity contribution is -0.571. The number of aromatic nitrogens is 4. The average Bonchev–Trinajstić information content (AvgIpc) is 0.887. The van der Waals surface area contributed by atoms with Crippen molar-refractivity contribution in [1.29, 1.82) is 0 Å². The molecule has 0 aliphatic rings. The van der Waals surface area contributed by atoms with Crippen molar-refractivity contribution in [2.75, 3.05) is 0 Å². The van der Waals surface area contributed by atoms with E-state index in [1.54, 1.807) is 92.6 Å². The molecule has 5 nitrogen and oxygen atoms in total. The number of pyridine rings is 1. The van der Waals surface area contributed by atoms with Crippen LogP contribution in [0.15, 0.2) is 273 Å². The van der Waals surface area contributed by atoms with Crippen LogP contribution in [0.4, 0.5) is 0 Å². The van der Waals surface area contributed by atoms with Gasteiger partial charge in [0, 0.05) is 32.7 Å².